The molecule has 0 fully saturated rings. The van der Waals surface area contributed by atoms with Crippen LogP contribution in [0.2, 0.25) is 0 Å². The predicted octanol–water partition coefficient (Wildman–Crippen LogP) is 2.98. The number of benzene rings is 2. The molecule has 0 aliphatic heterocycles. The Morgan fingerprint density at radius 3 is 2.38 bits per heavy atom. The van der Waals surface area contributed by atoms with Crippen LogP contribution in [-0.2, 0) is 13.1 Å². The van der Waals surface area contributed by atoms with Crippen LogP contribution in [0.15, 0.2) is 36.4 Å². The molecule has 0 bridgehead atoms. The third-order valence-electron chi connectivity index (χ3n) is 3.35. The first-order valence-corrected chi connectivity index (χ1v) is 7.20. The van der Waals surface area contributed by atoms with Crippen LogP contribution < -0.4 is 20.1 Å². The number of rotatable bonds is 6. The van der Waals surface area contributed by atoms with Crippen molar-refractivity contribution in [3.8, 4) is 11.5 Å². The van der Waals surface area contributed by atoms with Gasteiger partial charge in [-0.1, -0.05) is 6.07 Å². The fourth-order valence-corrected chi connectivity index (χ4v) is 2.09. The third kappa shape index (κ3) is 4.58. The number of hydrogen-bond acceptors (Lipinski definition) is 3. The Bertz CT molecular complexity index is 723. The lowest BCUT2D eigenvalue weighted by molar-refractivity contribution is 0.240. The Morgan fingerprint density at radius 1 is 0.958 bits per heavy atom. The van der Waals surface area contributed by atoms with E-state index in [1.807, 2.05) is 0 Å². The zero-order valence-electron chi connectivity index (χ0n) is 13.4. The summed E-state index contributed by atoms with van der Waals surface area (Å²) in [6.45, 7) is 0.138. The lowest BCUT2D eigenvalue weighted by atomic mass is 10.2. The molecule has 0 unspecified atom stereocenters. The molecule has 0 saturated carbocycles. The number of urea groups is 1. The molecule has 24 heavy (non-hydrogen) atoms. The molecule has 2 aromatic carbocycles. The second-order valence-corrected chi connectivity index (χ2v) is 4.96. The molecule has 5 nitrogen and oxygen atoms in total. The topological polar surface area (TPSA) is 59.6 Å². The zero-order valence-corrected chi connectivity index (χ0v) is 13.4. The number of carbonyl (C=O) groups excluding carboxylic acids is 1. The van der Waals surface area contributed by atoms with Crippen LogP contribution in [0, 0.1) is 11.6 Å². The summed E-state index contributed by atoms with van der Waals surface area (Å²) in [6.07, 6.45) is 0. The van der Waals surface area contributed by atoms with Gasteiger partial charge in [-0.3, -0.25) is 0 Å². The predicted molar refractivity (Wildman–Crippen MR) is 85.0 cm³/mol. The average Bonchev–Trinajstić information content (AvgIpc) is 2.60. The van der Waals surface area contributed by atoms with Gasteiger partial charge in [-0.05, 0) is 35.9 Å². The summed E-state index contributed by atoms with van der Waals surface area (Å²) in [4.78, 5) is 11.8. The minimum absolute atomic E-state index is 0.0799. The van der Waals surface area contributed by atoms with E-state index in [0.717, 1.165) is 23.8 Å². The molecule has 0 radical (unpaired) electrons. The second-order valence-electron chi connectivity index (χ2n) is 4.96. The summed E-state index contributed by atoms with van der Waals surface area (Å²) in [5, 5.41) is 5.11. The van der Waals surface area contributed by atoms with Crippen LogP contribution in [0.1, 0.15) is 11.1 Å². The van der Waals surface area contributed by atoms with E-state index in [0.29, 0.717) is 11.5 Å². The van der Waals surface area contributed by atoms with Crippen molar-refractivity contribution in [1.82, 2.24) is 10.6 Å². The van der Waals surface area contributed by atoms with Crippen LogP contribution in [0.5, 0.6) is 11.5 Å². The van der Waals surface area contributed by atoms with Crippen LogP contribution in [-0.4, -0.2) is 20.3 Å². The maximum atomic E-state index is 13.5. The highest BCUT2D eigenvalue weighted by Gasteiger charge is 2.08. The first-order valence-electron chi connectivity index (χ1n) is 7.20. The number of hydrogen-bond donors (Lipinski definition) is 2. The number of ether oxygens (including phenoxy) is 2. The van der Waals surface area contributed by atoms with Crippen LogP contribution >= 0.6 is 0 Å². The largest absolute Gasteiger partial charge is 0.493 e. The third-order valence-corrected chi connectivity index (χ3v) is 3.35. The molecule has 7 heteroatoms. The molecule has 0 atom stereocenters. The molecule has 2 rings (SSSR count). The minimum Gasteiger partial charge on any atom is -0.493 e. The summed E-state index contributed by atoms with van der Waals surface area (Å²) in [5.74, 6) is 0.0156. The minimum atomic E-state index is -0.573. The van der Waals surface area contributed by atoms with E-state index in [4.69, 9.17) is 9.47 Å². The fraction of sp³-hybridized carbons (Fsp3) is 0.235. The Morgan fingerprint density at radius 2 is 1.67 bits per heavy atom. The van der Waals surface area contributed by atoms with E-state index in [1.165, 1.54) is 14.2 Å². The first kappa shape index (κ1) is 17.5. The maximum absolute atomic E-state index is 13.5. The molecule has 128 valence electrons. The van der Waals surface area contributed by atoms with Crippen molar-refractivity contribution in [3.63, 3.8) is 0 Å². The molecule has 2 amide bonds. The summed E-state index contributed by atoms with van der Waals surface area (Å²) < 4.78 is 36.8. The van der Waals surface area contributed by atoms with Gasteiger partial charge in [-0.15, -0.1) is 0 Å². The smallest absolute Gasteiger partial charge is 0.315 e. The quantitative estimate of drug-likeness (QED) is 0.853. The summed E-state index contributed by atoms with van der Waals surface area (Å²) in [5.41, 5.74) is 0.885. The van der Waals surface area contributed by atoms with Crippen molar-refractivity contribution < 1.29 is 23.0 Å². The van der Waals surface area contributed by atoms with Gasteiger partial charge in [0.15, 0.2) is 11.5 Å². The van der Waals surface area contributed by atoms with Gasteiger partial charge in [0, 0.05) is 18.7 Å². The van der Waals surface area contributed by atoms with Gasteiger partial charge in [0.2, 0.25) is 0 Å². The van der Waals surface area contributed by atoms with Gasteiger partial charge in [-0.25, -0.2) is 13.6 Å². The summed E-state index contributed by atoms with van der Waals surface area (Å²) in [6, 6.07) is 7.86. The standard InChI is InChI=1S/C17H18F2N2O3/c1-23-15-6-3-11(7-16(15)24-2)9-20-17(22)21-10-12-8-13(18)4-5-14(12)19/h3-8H,9-10H2,1-2H3,(H2,20,21,22). The van der Waals surface area contributed by atoms with E-state index in [2.05, 4.69) is 10.6 Å². The molecule has 2 N–H and O–H groups in total. The van der Waals surface area contributed by atoms with Crippen molar-refractivity contribution in [2.45, 2.75) is 13.1 Å². The van der Waals surface area contributed by atoms with E-state index < -0.39 is 17.7 Å². The van der Waals surface area contributed by atoms with Gasteiger partial charge >= 0.3 is 6.03 Å². The van der Waals surface area contributed by atoms with Crippen LogP contribution in [0.3, 0.4) is 0 Å². The van der Waals surface area contributed by atoms with Crippen LogP contribution in [0.4, 0.5) is 13.6 Å². The Labute approximate surface area is 138 Å². The van der Waals surface area contributed by atoms with Crippen molar-refractivity contribution in [2.24, 2.45) is 0 Å². The molecule has 0 saturated heterocycles. The van der Waals surface area contributed by atoms with E-state index in [1.54, 1.807) is 18.2 Å². The van der Waals surface area contributed by atoms with Crippen molar-refractivity contribution in [1.29, 1.82) is 0 Å². The summed E-state index contributed by atoms with van der Waals surface area (Å²) in [7, 11) is 3.06. The Hall–Kier alpha value is -2.83. The maximum Gasteiger partial charge on any atom is 0.315 e. The van der Waals surface area contributed by atoms with E-state index in [-0.39, 0.29) is 18.7 Å². The fourth-order valence-electron chi connectivity index (χ4n) is 2.09. The SMILES string of the molecule is COc1ccc(CNC(=O)NCc2cc(F)ccc2F)cc1OC. The number of carbonyl (C=O) groups is 1. The van der Waals surface area contributed by atoms with Gasteiger partial charge in [0.05, 0.1) is 14.2 Å². The van der Waals surface area contributed by atoms with Crippen molar-refractivity contribution >= 4 is 6.03 Å². The van der Waals surface area contributed by atoms with Crippen LogP contribution in [0.25, 0.3) is 0 Å². The molecular weight excluding hydrogens is 318 g/mol. The van der Waals surface area contributed by atoms with E-state index >= 15 is 0 Å². The Kier molecular flexibility index (Phi) is 5.95. The van der Waals surface area contributed by atoms with Gasteiger partial charge < -0.3 is 20.1 Å². The highest BCUT2D eigenvalue weighted by molar-refractivity contribution is 5.73. The van der Waals surface area contributed by atoms with Crippen molar-refractivity contribution in [3.05, 3.63) is 59.2 Å². The van der Waals surface area contributed by atoms with Crippen molar-refractivity contribution in [2.75, 3.05) is 14.2 Å². The first-order chi connectivity index (χ1) is 11.5. The molecule has 0 aliphatic carbocycles. The Balaban J connectivity index is 1.88. The number of nitrogens with one attached hydrogen (secondary N) is 2. The second kappa shape index (κ2) is 8.14. The molecule has 0 aromatic heterocycles. The lowest BCUT2D eigenvalue weighted by Gasteiger charge is -2.11. The lowest BCUT2D eigenvalue weighted by Crippen LogP contribution is -2.34. The van der Waals surface area contributed by atoms with Gasteiger partial charge in [-0.2, -0.15) is 0 Å². The summed E-state index contributed by atoms with van der Waals surface area (Å²) >= 11 is 0. The van der Waals surface area contributed by atoms with Gasteiger partial charge in [0.1, 0.15) is 11.6 Å². The highest BCUT2D eigenvalue weighted by Crippen LogP contribution is 2.27. The number of amides is 2. The number of halogens is 2. The average molecular weight is 336 g/mol. The number of methoxy groups -OCH3 is 2. The molecule has 0 aliphatic rings. The molecule has 0 spiro atoms. The molecule has 2 aromatic rings. The zero-order chi connectivity index (χ0) is 17.5. The van der Waals surface area contributed by atoms with Gasteiger partial charge in [0.25, 0.3) is 0 Å². The monoisotopic (exact) mass is 336 g/mol. The normalized spacial score (nSPS) is 10.2. The molecule has 0 heterocycles. The highest BCUT2D eigenvalue weighted by atomic mass is 19.1. The molecular formula is C17H18F2N2O3. The van der Waals surface area contributed by atoms with E-state index in [9.17, 15) is 13.6 Å².